The van der Waals surface area contributed by atoms with E-state index < -0.39 is 5.54 Å². The highest BCUT2D eigenvalue weighted by molar-refractivity contribution is 6.23. The summed E-state index contributed by atoms with van der Waals surface area (Å²) in [6.45, 7) is 11.0. The van der Waals surface area contributed by atoms with E-state index >= 15 is 0 Å². The molecule has 0 atom stereocenters. The molecule has 1 amide bonds. The minimum absolute atomic E-state index is 0.0667. The zero-order chi connectivity index (χ0) is 22.4. The second-order valence-corrected chi connectivity index (χ2v) is 9.36. The summed E-state index contributed by atoms with van der Waals surface area (Å²) in [6.07, 6.45) is 2.00. The second-order valence-electron chi connectivity index (χ2n) is 9.36. The molecule has 4 rings (SSSR count). The first kappa shape index (κ1) is 22.3. The third-order valence-electron chi connectivity index (χ3n) is 7.27. The highest BCUT2D eigenvalue weighted by Gasteiger charge is 2.56. The summed E-state index contributed by atoms with van der Waals surface area (Å²) in [4.78, 5) is 25.4. The van der Waals surface area contributed by atoms with Gasteiger partial charge in [0.2, 0.25) is 0 Å². The van der Waals surface area contributed by atoms with Gasteiger partial charge >= 0.3 is 0 Å². The molecule has 1 N–H and O–H groups in total. The van der Waals surface area contributed by atoms with Crippen LogP contribution in [0.25, 0.3) is 5.57 Å². The number of benzene rings is 1. The minimum atomic E-state index is -0.870. The Hall–Kier alpha value is -1.93. The van der Waals surface area contributed by atoms with Gasteiger partial charge in [-0.15, -0.1) is 0 Å². The van der Waals surface area contributed by atoms with E-state index in [0.717, 1.165) is 28.7 Å². The summed E-state index contributed by atoms with van der Waals surface area (Å²) in [6, 6.07) is 4.11. The third-order valence-corrected chi connectivity index (χ3v) is 7.27. The van der Waals surface area contributed by atoms with Gasteiger partial charge in [0.05, 0.1) is 32.5 Å². The molecule has 2 saturated heterocycles. The van der Waals surface area contributed by atoms with Crippen LogP contribution in [0.4, 0.5) is 0 Å². The van der Waals surface area contributed by atoms with Crippen molar-refractivity contribution in [1.82, 2.24) is 10.1 Å². The molecule has 1 spiro atoms. The summed E-state index contributed by atoms with van der Waals surface area (Å²) in [5, 5.41) is 14.9. The van der Waals surface area contributed by atoms with Crippen molar-refractivity contribution in [2.24, 2.45) is 5.41 Å². The molecule has 0 radical (unpaired) electrons. The number of hydrogen-bond acceptors (Lipinski definition) is 6. The predicted molar refractivity (Wildman–Crippen MR) is 117 cm³/mol. The van der Waals surface area contributed by atoms with Gasteiger partial charge in [0, 0.05) is 18.5 Å². The maximum absolute atomic E-state index is 13.7. The molecule has 31 heavy (non-hydrogen) atoms. The third kappa shape index (κ3) is 3.57. The molecule has 0 aliphatic carbocycles. The number of carbonyl (C=O) groups excluding carboxylic acids is 1. The zero-order valence-electron chi connectivity index (χ0n) is 19.3. The summed E-state index contributed by atoms with van der Waals surface area (Å²) in [5.41, 5.74) is 3.34. The Balaban J connectivity index is 1.73. The van der Waals surface area contributed by atoms with Crippen LogP contribution >= 0.6 is 0 Å². The maximum atomic E-state index is 13.7. The van der Waals surface area contributed by atoms with Crippen molar-refractivity contribution in [2.75, 3.05) is 40.0 Å². The van der Waals surface area contributed by atoms with Crippen LogP contribution in [0.15, 0.2) is 17.9 Å². The molecule has 1 aromatic rings. The van der Waals surface area contributed by atoms with Crippen LogP contribution in [-0.4, -0.2) is 66.7 Å². The van der Waals surface area contributed by atoms with E-state index in [1.165, 1.54) is 5.06 Å². The maximum Gasteiger partial charge on any atom is 0.282 e. The van der Waals surface area contributed by atoms with E-state index in [0.29, 0.717) is 51.3 Å². The van der Waals surface area contributed by atoms with Crippen LogP contribution in [0.5, 0.6) is 0 Å². The van der Waals surface area contributed by atoms with Crippen molar-refractivity contribution in [2.45, 2.75) is 52.5 Å². The summed E-state index contributed by atoms with van der Waals surface area (Å²) < 4.78 is 5.42. The molecule has 3 aliphatic rings. The Kier molecular flexibility index (Phi) is 5.89. The van der Waals surface area contributed by atoms with Crippen LogP contribution in [0.3, 0.4) is 0 Å². The molecule has 0 bridgehead atoms. The van der Waals surface area contributed by atoms with Gasteiger partial charge in [-0.1, -0.05) is 24.6 Å². The van der Waals surface area contributed by atoms with Crippen molar-refractivity contribution >= 4 is 11.5 Å². The molecule has 3 heterocycles. The number of amides is 1. The topological polar surface area (TPSA) is 71.5 Å². The van der Waals surface area contributed by atoms with Gasteiger partial charge in [0.1, 0.15) is 11.3 Å². The molecule has 7 heteroatoms. The Morgan fingerprint density at radius 2 is 1.74 bits per heavy atom. The number of hydrogen-bond donors (Lipinski definition) is 1. The largest absolute Gasteiger partial charge is 0.509 e. The van der Waals surface area contributed by atoms with Crippen LogP contribution in [0.2, 0.25) is 0 Å². The van der Waals surface area contributed by atoms with Crippen molar-refractivity contribution in [3.05, 3.63) is 40.1 Å². The van der Waals surface area contributed by atoms with Gasteiger partial charge in [-0.3, -0.25) is 9.63 Å². The molecule has 7 nitrogen and oxygen atoms in total. The van der Waals surface area contributed by atoms with Crippen molar-refractivity contribution in [3.63, 3.8) is 0 Å². The van der Waals surface area contributed by atoms with Crippen LogP contribution in [-0.2, 0) is 19.2 Å². The van der Waals surface area contributed by atoms with Gasteiger partial charge in [0.25, 0.3) is 5.91 Å². The fraction of sp³-hybridized carbons (Fsp3) is 0.625. The first-order valence-corrected chi connectivity index (χ1v) is 11.1. The molecular formula is C24H34N2O5. The lowest BCUT2D eigenvalue weighted by molar-refractivity contribution is -0.262. The molecule has 2 fully saturated rings. The summed E-state index contributed by atoms with van der Waals surface area (Å²) >= 11 is 0. The molecule has 0 saturated carbocycles. The molecule has 0 unspecified atom stereocenters. The monoisotopic (exact) mass is 430 g/mol. The highest BCUT2D eigenvalue weighted by atomic mass is 16.7. The van der Waals surface area contributed by atoms with E-state index in [9.17, 15) is 9.90 Å². The van der Waals surface area contributed by atoms with Gasteiger partial charge in [0.15, 0.2) is 0 Å². The number of aryl methyl sites for hydroxylation is 3. The fourth-order valence-corrected chi connectivity index (χ4v) is 5.17. The SMILES string of the molecule is CCC1(CON2C(=O)C(c3c(C)cc(C)cc3C)=C(O)C23CCN(OC)CC3)COC1. The minimum Gasteiger partial charge on any atom is -0.509 e. The number of rotatable bonds is 6. The fourth-order valence-electron chi connectivity index (χ4n) is 5.17. The lowest BCUT2D eigenvalue weighted by atomic mass is 9.84. The number of hydroxylamine groups is 4. The van der Waals surface area contributed by atoms with Gasteiger partial charge < -0.3 is 14.7 Å². The molecule has 170 valence electrons. The summed E-state index contributed by atoms with van der Waals surface area (Å²) in [7, 11) is 1.65. The van der Waals surface area contributed by atoms with Crippen LogP contribution in [0.1, 0.15) is 48.4 Å². The van der Waals surface area contributed by atoms with Crippen molar-refractivity contribution < 1.29 is 24.3 Å². The van der Waals surface area contributed by atoms with E-state index in [-0.39, 0.29) is 17.1 Å². The average molecular weight is 431 g/mol. The van der Waals surface area contributed by atoms with E-state index in [1.807, 2.05) is 25.8 Å². The number of ether oxygens (including phenoxy) is 1. The lowest BCUT2D eigenvalue weighted by Crippen LogP contribution is -2.56. The number of aliphatic hydroxyl groups excluding tert-OH is 1. The van der Waals surface area contributed by atoms with Crippen molar-refractivity contribution in [1.29, 1.82) is 0 Å². The molecule has 0 aromatic heterocycles. The molecular weight excluding hydrogens is 396 g/mol. The van der Waals surface area contributed by atoms with Crippen LogP contribution in [0, 0.1) is 26.2 Å². The number of aliphatic hydroxyl groups is 1. The Morgan fingerprint density at radius 3 is 2.23 bits per heavy atom. The Morgan fingerprint density at radius 1 is 1.13 bits per heavy atom. The first-order chi connectivity index (χ1) is 14.8. The molecule has 3 aliphatic heterocycles. The first-order valence-electron chi connectivity index (χ1n) is 11.1. The normalized spacial score (nSPS) is 23.0. The highest BCUT2D eigenvalue weighted by Crippen LogP contribution is 2.47. The van der Waals surface area contributed by atoms with E-state index in [2.05, 4.69) is 19.1 Å². The van der Waals surface area contributed by atoms with Gasteiger partial charge in [-0.25, -0.2) is 5.06 Å². The number of carbonyl (C=O) groups is 1. The zero-order valence-corrected chi connectivity index (χ0v) is 19.3. The molecule has 1 aromatic carbocycles. The van der Waals surface area contributed by atoms with Crippen molar-refractivity contribution in [3.8, 4) is 0 Å². The summed E-state index contributed by atoms with van der Waals surface area (Å²) in [5.74, 6) is -0.136. The van der Waals surface area contributed by atoms with Gasteiger partial charge in [-0.2, -0.15) is 5.06 Å². The van der Waals surface area contributed by atoms with Crippen LogP contribution < -0.4 is 0 Å². The van der Waals surface area contributed by atoms with Gasteiger partial charge in [-0.05, 0) is 56.7 Å². The Bertz CT molecular complexity index is 869. The predicted octanol–water partition coefficient (Wildman–Crippen LogP) is 3.48. The second kappa shape index (κ2) is 8.20. The smallest absolute Gasteiger partial charge is 0.282 e. The quantitative estimate of drug-likeness (QED) is 0.745. The van der Waals surface area contributed by atoms with E-state index in [4.69, 9.17) is 14.4 Å². The Labute approximate surface area is 184 Å². The average Bonchev–Trinajstić information content (AvgIpc) is 2.89. The number of nitrogens with zero attached hydrogens (tertiary/aromatic N) is 2. The van der Waals surface area contributed by atoms with E-state index in [1.54, 1.807) is 7.11 Å². The number of piperidine rings is 1. The standard InChI is InChI=1S/C24H34N2O5/c1-6-23(13-30-14-23)15-31-26-22(28)20(19-17(3)11-16(2)12-18(19)4)21(27)24(26)7-9-25(29-5)10-8-24/h11-12,27H,6-10,13-15H2,1-5H3. The lowest BCUT2D eigenvalue weighted by Gasteiger charge is -2.46.